The van der Waals surface area contributed by atoms with Crippen molar-refractivity contribution in [1.82, 2.24) is 0 Å². The molecule has 0 fully saturated rings. The molecule has 0 radical (unpaired) electrons. The Kier molecular flexibility index (Phi) is 3.58. The zero-order valence-corrected chi connectivity index (χ0v) is 7.16. The van der Waals surface area contributed by atoms with Crippen LogP contribution in [0.15, 0.2) is 16.0 Å². The van der Waals surface area contributed by atoms with Gasteiger partial charge in [-0.05, 0) is 6.42 Å². The van der Waals surface area contributed by atoms with Crippen molar-refractivity contribution in [2.24, 2.45) is 4.99 Å². The summed E-state index contributed by atoms with van der Waals surface area (Å²) >= 11 is 1.76. The Bertz CT molecular complexity index is 139. The molecule has 0 saturated carbocycles. The van der Waals surface area contributed by atoms with E-state index in [1.54, 1.807) is 11.8 Å². The van der Waals surface area contributed by atoms with Crippen molar-refractivity contribution < 1.29 is 0 Å². The van der Waals surface area contributed by atoms with Crippen molar-refractivity contribution in [2.45, 2.75) is 26.2 Å². The van der Waals surface area contributed by atoms with Crippen LogP contribution in [0.1, 0.15) is 26.2 Å². The summed E-state index contributed by atoms with van der Waals surface area (Å²) in [6.45, 7) is 3.14. The van der Waals surface area contributed by atoms with Gasteiger partial charge in [-0.15, -0.1) is 0 Å². The summed E-state index contributed by atoms with van der Waals surface area (Å²) in [7, 11) is 0. The van der Waals surface area contributed by atoms with Crippen LogP contribution < -0.4 is 0 Å². The van der Waals surface area contributed by atoms with Gasteiger partial charge in [-0.25, -0.2) is 0 Å². The SMILES string of the molecule is CCCC/C=C1\CN=CS1. The van der Waals surface area contributed by atoms with Gasteiger partial charge in [-0.1, -0.05) is 37.6 Å². The van der Waals surface area contributed by atoms with Gasteiger partial charge in [0.05, 0.1) is 12.1 Å². The Morgan fingerprint density at radius 2 is 2.70 bits per heavy atom. The maximum absolute atomic E-state index is 4.11. The molecule has 2 heteroatoms. The zero-order chi connectivity index (χ0) is 7.23. The fourth-order valence-corrected chi connectivity index (χ4v) is 1.50. The summed E-state index contributed by atoms with van der Waals surface area (Å²) in [6, 6.07) is 0. The van der Waals surface area contributed by atoms with Gasteiger partial charge < -0.3 is 0 Å². The van der Waals surface area contributed by atoms with Crippen LogP contribution in [0, 0.1) is 0 Å². The molecule has 56 valence electrons. The molecule has 0 bridgehead atoms. The van der Waals surface area contributed by atoms with Crippen LogP contribution in [0.3, 0.4) is 0 Å². The molecule has 0 aromatic heterocycles. The largest absolute Gasteiger partial charge is 0.281 e. The van der Waals surface area contributed by atoms with Crippen molar-refractivity contribution in [3.05, 3.63) is 11.0 Å². The lowest BCUT2D eigenvalue weighted by molar-refractivity contribution is 0.812. The van der Waals surface area contributed by atoms with Crippen molar-refractivity contribution in [3.8, 4) is 0 Å². The molecule has 1 aliphatic rings. The van der Waals surface area contributed by atoms with Crippen LogP contribution in [-0.4, -0.2) is 12.1 Å². The minimum Gasteiger partial charge on any atom is -0.281 e. The number of aliphatic imine (C=N–C) groups is 1. The normalized spacial score (nSPS) is 20.7. The first-order valence-electron chi connectivity index (χ1n) is 3.77. The highest BCUT2D eigenvalue weighted by atomic mass is 32.2. The smallest absolute Gasteiger partial charge is 0.0705 e. The van der Waals surface area contributed by atoms with E-state index in [9.17, 15) is 0 Å². The average Bonchev–Trinajstić information content (AvgIpc) is 2.41. The van der Waals surface area contributed by atoms with E-state index in [4.69, 9.17) is 0 Å². The van der Waals surface area contributed by atoms with E-state index < -0.39 is 0 Å². The van der Waals surface area contributed by atoms with Gasteiger partial charge in [0.2, 0.25) is 0 Å². The second kappa shape index (κ2) is 4.56. The number of rotatable bonds is 3. The maximum Gasteiger partial charge on any atom is 0.0705 e. The van der Waals surface area contributed by atoms with Gasteiger partial charge in [0, 0.05) is 4.91 Å². The molecule has 1 rings (SSSR count). The van der Waals surface area contributed by atoms with Crippen LogP contribution >= 0.6 is 11.8 Å². The number of allylic oxidation sites excluding steroid dienone is 1. The topological polar surface area (TPSA) is 12.4 Å². The molecule has 0 spiro atoms. The van der Waals surface area contributed by atoms with Gasteiger partial charge in [0.1, 0.15) is 0 Å². The Labute approximate surface area is 66.6 Å². The van der Waals surface area contributed by atoms with Gasteiger partial charge in [-0.2, -0.15) is 0 Å². The fraction of sp³-hybridized carbons (Fsp3) is 0.625. The Hall–Kier alpha value is -0.240. The summed E-state index contributed by atoms with van der Waals surface area (Å²) in [4.78, 5) is 5.54. The Balaban J connectivity index is 2.14. The van der Waals surface area contributed by atoms with Crippen LogP contribution in [0.25, 0.3) is 0 Å². The lowest BCUT2D eigenvalue weighted by Gasteiger charge is -1.92. The summed E-state index contributed by atoms with van der Waals surface area (Å²) in [5.41, 5.74) is 1.93. The monoisotopic (exact) mass is 155 g/mol. The Morgan fingerprint density at radius 3 is 3.30 bits per heavy atom. The fourth-order valence-electron chi connectivity index (χ4n) is 0.849. The molecule has 1 nitrogen and oxygen atoms in total. The third kappa shape index (κ3) is 2.56. The minimum atomic E-state index is 0.925. The molecular weight excluding hydrogens is 142 g/mol. The molecule has 0 atom stereocenters. The summed E-state index contributed by atoms with van der Waals surface area (Å²) in [5.74, 6) is 0. The number of hydrogen-bond donors (Lipinski definition) is 0. The van der Waals surface area contributed by atoms with E-state index in [2.05, 4.69) is 18.0 Å². The second-order valence-electron chi connectivity index (χ2n) is 2.38. The number of hydrogen-bond acceptors (Lipinski definition) is 2. The van der Waals surface area contributed by atoms with Gasteiger partial charge in [0.25, 0.3) is 0 Å². The molecule has 0 N–H and O–H groups in total. The second-order valence-corrected chi connectivity index (χ2v) is 3.35. The number of thioether (sulfide) groups is 1. The van der Waals surface area contributed by atoms with Crippen LogP contribution in [0.4, 0.5) is 0 Å². The molecule has 0 saturated heterocycles. The summed E-state index contributed by atoms with van der Waals surface area (Å²) in [5, 5.41) is 0. The molecule has 0 aromatic carbocycles. The summed E-state index contributed by atoms with van der Waals surface area (Å²) in [6.07, 6.45) is 6.13. The number of nitrogens with zero attached hydrogens (tertiary/aromatic N) is 1. The highest BCUT2D eigenvalue weighted by molar-refractivity contribution is 8.15. The van der Waals surface area contributed by atoms with Crippen LogP contribution in [-0.2, 0) is 0 Å². The molecule has 1 aliphatic heterocycles. The van der Waals surface area contributed by atoms with Crippen molar-refractivity contribution in [2.75, 3.05) is 6.54 Å². The highest BCUT2D eigenvalue weighted by Crippen LogP contribution is 2.19. The predicted molar refractivity (Wildman–Crippen MR) is 48.6 cm³/mol. The van der Waals surface area contributed by atoms with E-state index in [1.165, 1.54) is 24.2 Å². The van der Waals surface area contributed by atoms with E-state index in [-0.39, 0.29) is 0 Å². The quantitative estimate of drug-likeness (QED) is 0.571. The van der Waals surface area contributed by atoms with Gasteiger partial charge >= 0.3 is 0 Å². The number of unbranched alkanes of at least 4 members (excludes halogenated alkanes) is 2. The van der Waals surface area contributed by atoms with E-state index in [0.29, 0.717) is 0 Å². The van der Waals surface area contributed by atoms with Crippen molar-refractivity contribution in [3.63, 3.8) is 0 Å². The first kappa shape index (κ1) is 7.86. The van der Waals surface area contributed by atoms with Gasteiger partial charge in [0.15, 0.2) is 0 Å². The summed E-state index contributed by atoms with van der Waals surface area (Å²) < 4.78 is 0. The maximum atomic E-state index is 4.11. The standard InChI is InChI=1S/C8H13NS/c1-2-3-4-5-8-6-9-7-10-8/h5,7H,2-4,6H2,1H3/b8-5+. The highest BCUT2D eigenvalue weighted by Gasteiger charge is 1.99. The first-order valence-corrected chi connectivity index (χ1v) is 4.65. The molecule has 0 aliphatic carbocycles. The molecule has 0 unspecified atom stereocenters. The average molecular weight is 155 g/mol. The molecule has 0 aromatic rings. The van der Waals surface area contributed by atoms with Crippen LogP contribution in [0.5, 0.6) is 0 Å². The predicted octanol–water partition coefficient (Wildman–Crippen LogP) is 2.84. The lowest BCUT2D eigenvalue weighted by atomic mass is 10.2. The third-order valence-electron chi connectivity index (χ3n) is 1.46. The van der Waals surface area contributed by atoms with E-state index in [0.717, 1.165) is 6.54 Å². The van der Waals surface area contributed by atoms with Crippen molar-refractivity contribution in [1.29, 1.82) is 0 Å². The minimum absolute atomic E-state index is 0.925. The molecular formula is C8H13NS. The first-order chi connectivity index (χ1) is 4.93. The van der Waals surface area contributed by atoms with Crippen LogP contribution in [0.2, 0.25) is 0 Å². The lowest BCUT2D eigenvalue weighted by Crippen LogP contribution is -1.75. The molecule has 0 amide bonds. The van der Waals surface area contributed by atoms with Gasteiger partial charge in [-0.3, -0.25) is 4.99 Å². The zero-order valence-electron chi connectivity index (χ0n) is 6.34. The van der Waals surface area contributed by atoms with Crippen molar-refractivity contribution >= 4 is 17.3 Å². The molecule has 1 heterocycles. The third-order valence-corrected chi connectivity index (χ3v) is 2.31. The Morgan fingerprint density at radius 1 is 1.80 bits per heavy atom. The molecule has 10 heavy (non-hydrogen) atoms. The van der Waals surface area contributed by atoms with E-state index >= 15 is 0 Å². The van der Waals surface area contributed by atoms with E-state index in [1.807, 2.05) is 5.55 Å².